The van der Waals surface area contributed by atoms with Crippen molar-refractivity contribution >= 4 is 28.5 Å². The summed E-state index contributed by atoms with van der Waals surface area (Å²) in [5, 5.41) is 11.5. The number of aryl methyl sites for hydroxylation is 2. The molecular formula is C25H31N5O2. The van der Waals surface area contributed by atoms with Crippen LogP contribution in [-0.2, 0) is 22.6 Å². The van der Waals surface area contributed by atoms with Gasteiger partial charge in [-0.15, -0.1) is 0 Å². The Hall–Kier alpha value is -3.22. The maximum absolute atomic E-state index is 12.5. The van der Waals surface area contributed by atoms with Gasteiger partial charge >= 0.3 is 0 Å². The summed E-state index contributed by atoms with van der Waals surface area (Å²) in [5.41, 5.74) is 5.85. The van der Waals surface area contributed by atoms with Gasteiger partial charge in [0.15, 0.2) is 5.65 Å². The average Bonchev–Trinajstić information content (AvgIpc) is 3.52. The van der Waals surface area contributed by atoms with Gasteiger partial charge in [0.2, 0.25) is 11.8 Å². The Kier molecular flexibility index (Phi) is 6.26. The molecule has 0 aliphatic heterocycles. The lowest BCUT2D eigenvalue weighted by Crippen LogP contribution is -2.23. The van der Waals surface area contributed by atoms with Crippen molar-refractivity contribution in [3.63, 3.8) is 0 Å². The fraction of sp³-hybridized carbons (Fsp3) is 0.440. The highest BCUT2D eigenvalue weighted by Crippen LogP contribution is 2.30. The summed E-state index contributed by atoms with van der Waals surface area (Å²) in [6.07, 6.45) is 4.85. The molecular weight excluding hydrogens is 402 g/mol. The van der Waals surface area contributed by atoms with Crippen LogP contribution in [-0.4, -0.2) is 26.6 Å². The van der Waals surface area contributed by atoms with E-state index in [1.807, 2.05) is 42.1 Å². The number of hydrogen-bond acceptors (Lipinski definition) is 4. The standard InChI is InChI=1S/C25H31N5O2/c1-15(2)30-24-22(14-27-30)16(3)21(17(4)28-24)10-11-23(31)26-13-18-6-5-7-20(12-18)29-25(32)19-8-9-19/h5-7,12,14-15,19H,8-11,13H2,1-4H3,(H,26,31)(H,29,32). The van der Waals surface area contributed by atoms with E-state index in [0.29, 0.717) is 19.4 Å². The maximum atomic E-state index is 12.5. The van der Waals surface area contributed by atoms with Crippen LogP contribution in [0.5, 0.6) is 0 Å². The van der Waals surface area contributed by atoms with Gasteiger partial charge in [-0.2, -0.15) is 5.10 Å². The number of carbonyl (C=O) groups is 2. The number of carbonyl (C=O) groups excluding carboxylic acids is 2. The lowest BCUT2D eigenvalue weighted by atomic mass is 10.0. The van der Waals surface area contributed by atoms with E-state index in [0.717, 1.165) is 51.9 Å². The molecule has 1 aliphatic rings. The van der Waals surface area contributed by atoms with Gasteiger partial charge in [-0.3, -0.25) is 9.59 Å². The van der Waals surface area contributed by atoms with E-state index in [1.54, 1.807) is 0 Å². The summed E-state index contributed by atoms with van der Waals surface area (Å²) in [4.78, 5) is 29.2. The third-order valence-electron chi connectivity index (χ3n) is 6.06. The average molecular weight is 434 g/mol. The number of pyridine rings is 1. The van der Waals surface area contributed by atoms with Crippen LogP contribution in [0.3, 0.4) is 0 Å². The lowest BCUT2D eigenvalue weighted by Gasteiger charge is -2.13. The quantitative estimate of drug-likeness (QED) is 0.556. The van der Waals surface area contributed by atoms with E-state index < -0.39 is 0 Å². The Balaban J connectivity index is 1.35. The molecule has 1 saturated carbocycles. The van der Waals surface area contributed by atoms with Gasteiger partial charge < -0.3 is 10.6 Å². The van der Waals surface area contributed by atoms with Crippen LogP contribution < -0.4 is 10.6 Å². The van der Waals surface area contributed by atoms with Gasteiger partial charge in [0.25, 0.3) is 0 Å². The minimum absolute atomic E-state index is 0.00538. The fourth-order valence-corrected chi connectivity index (χ4v) is 4.01. The molecule has 3 aromatic rings. The topological polar surface area (TPSA) is 88.9 Å². The molecule has 1 aromatic carbocycles. The van der Waals surface area contributed by atoms with Gasteiger partial charge in [0, 0.05) is 41.7 Å². The summed E-state index contributed by atoms with van der Waals surface area (Å²) in [6, 6.07) is 7.89. The molecule has 4 rings (SSSR count). The number of benzene rings is 1. The number of rotatable bonds is 8. The van der Waals surface area contributed by atoms with Gasteiger partial charge in [-0.05, 0) is 75.8 Å². The Morgan fingerprint density at radius 1 is 1.22 bits per heavy atom. The van der Waals surface area contributed by atoms with Crippen LogP contribution in [0.15, 0.2) is 30.5 Å². The van der Waals surface area contributed by atoms with E-state index >= 15 is 0 Å². The SMILES string of the molecule is Cc1nc2c(cnn2C(C)C)c(C)c1CCC(=O)NCc1cccc(NC(=O)C2CC2)c1. The van der Waals surface area contributed by atoms with Crippen LogP contribution in [0.2, 0.25) is 0 Å². The highest BCUT2D eigenvalue weighted by Gasteiger charge is 2.29. The zero-order chi connectivity index (χ0) is 22.8. The molecule has 0 bridgehead atoms. The molecule has 0 saturated heterocycles. The third-order valence-corrected chi connectivity index (χ3v) is 6.06. The largest absolute Gasteiger partial charge is 0.352 e. The molecule has 0 radical (unpaired) electrons. The number of aromatic nitrogens is 3. The molecule has 0 unspecified atom stereocenters. The molecule has 2 N–H and O–H groups in total. The molecule has 32 heavy (non-hydrogen) atoms. The van der Waals surface area contributed by atoms with Crippen molar-refractivity contribution in [2.45, 2.75) is 66.0 Å². The predicted molar refractivity (Wildman–Crippen MR) is 125 cm³/mol. The Morgan fingerprint density at radius 3 is 2.72 bits per heavy atom. The monoisotopic (exact) mass is 433 g/mol. The number of hydrogen-bond donors (Lipinski definition) is 2. The first-order chi connectivity index (χ1) is 15.3. The van der Waals surface area contributed by atoms with Crippen LogP contribution in [0, 0.1) is 19.8 Å². The van der Waals surface area contributed by atoms with Gasteiger partial charge in [-0.1, -0.05) is 12.1 Å². The summed E-state index contributed by atoms with van der Waals surface area (Å²) in [7, 11) is 0. The van der Waals surface area contributed by atoms with Gasteiger partial charge in [0.05, 0.1) is 6.20 Å². The molecule has 7 heteroatoms. The Labute approximate surface area is 188 Å². The van der Waals surface area contributed by atoms with Crippen molar-refractivity contribution in [2.75, 3.05) is 5.32 Å². The Morgan fingerprint density at radius 2 is 2.00 bits per heavy atom. The van der Waals surface area contributed by atoms with Crippen LogP contribution >= 0.6 is 0 Å². The zero-order valence-corrected chi connectivity index (χ0v) is 19.2. The first-order valence-corrected chi connectivity index (χ1v) is 11.3. The highest BCUT2D eigenvalue weighted by atomic mass is 16.2. The molecule has 2 heterocycles. The smallest absolute Gasteiger partial charge is 0.227 e. The second-order valence-electron chi connectivity index (χ2n) is 8.96. The number of amides is 2. The Bertz CT molecular complexity index is 1160. The number of nitrogens with one attached hydrogen (secondary N) is 2. The van der Waals surface area contributed by atoms with Crippen molar-refractivity contribution in [1.29, 1.82) is 0 Å². The van der Waals surface area contributed by atoms with E-state index in [2.05, 4.69) is 36.5 Å². The summed E-state index contributed by atoms with van der Waals surface area (Å²) < 4.78 is 1.94. The van der Waals surface area contributed by atoms with E-state index in [1.165, 1.54) is 0 Å². The van der Waals surface area contributed by atoms with E-state index in [4.69, 9.17) is 4.98 Å². The predicted octanol–water partition coefficient (Wildman–Crippen LogP) is 4.23. The maximum Gasteiger partial charge on any atom is 0.227 e. The number of nitrogens with zero attached hydrogens (tertiary/aromatic N) is 3. The van der Waals surface area contributed by atoms with Crippen LogP contribution in [0.1, 0.15) is 61.5 Å². The van der Waals surface area contributed by atoms with E-state index in [-0.39, 0.29) is 23.8 Å². The van der Waals surface area contributed by atoms with E-state index in [9.17, 15) is 9.59 Å². The van der Waals surface area contributed by atoms with Crippen LogP contribution in [0.25, 0.3) is 11.0 Å². The molecule has 1 fully saturated rings. The second kappa shape index (κ2) is 9.10. The summed E-state index contributed by atoms with van der Waals surface area (Å²) in [5.74, 6) is 0.245. The number of fused-ring (bicyclic) bond motifs is 1. The lowest BCUT2D eigenvalue weighted by molar-refractivity contribution is -0.121. The summed E-state index contributed by atoms with van der Waals surface area (Å²) >= 11 is 0. The van der Waals surface area contributed by atoms with Gasteiger partial charge in [0.1, 0.15) is 0 Å². The molecule has 168 valence electrons. The molecule has 1 aliphatic carbocycles. The summed E-state index contributed by atoms with van der Waals surface area (Å²) in [6.45, 7) is 8.70. The second-order valence-corrected chi connectivity index (χ2v) is 8.96. The molecule has 0 atom stereocenters. The fourth-order valence-electron chi connectivity index (χ4n) is 4.01. The zero-order valence-electron chi connectivity index (χ0n) is 19.2. The van der Waals surface area contributed by atoms with Crippen molar-refractivity contribution < 1.29 is 9.59 Å². The molecule has 7 nitrogen and oxygen atoms in total. The van der Waals surface area contributed by atoms with Crippen molar-refractivity contribution in [2.24, 2.45) is 5.92 Å². The highest BCUT2D eigenvalue weighted by molar-refractivity contribution is 5.94. The third kappa shape index (κ3) is 4.82. The first-order valence-electron chi connectivity index (χ1n) is 11.3. The van der Waals surface area contributed by atoms with Crippen molar-refractivity contribution in [3.05, 3.63) is 52.8 Å². The number of anilines is 1. The molecule has 0 spiro atoms. The molecule has 2 aromatic heterocycles. The van der Waals surface area contributed by atoms with Crippen LogP contribution in [0.4, 0.5) is 5.69 Å². The van der Waals surface area contributed by atoms with Gasteiger partial charge in [-0.25, -0.2) is 9.67 Å². The van der Waals surface area contributed by atoms with Crippen molar-refractivity contribution in [1.82, 2.24) is 20.1 Å². The first kappa shape index (κ1) is 22.0. The minimum Gasteiger partial charge on any atom is -0.352 e. The van der Waals surface area contributed by atoms with Crippen molar-refractivity contribution in [3.8, 4) is 0 Å². The molecule has 2 amide bonds. The normalized spacial score (nSPS) is 13.5. The minimum atomic E-state index is -0.00538.